The molecule has 0 nitrogen and oxygen atoms in total. The highest BCUT2D eigenvalue weighted by Crippen LogP contribution is 2.32. The Labute approximate surface area is 106 Å². The SMILES string of the molecule is FC(F)C(F)(F)C(F)CCCCCCCC(F)(F)F. The van der Waals surface area contributed by atoms with Crippen molar-refractivity contribution in [1.29, 1.82) is 0 Å². The lowest BCUT2D eigenvalue weighted by Crippen LogP contribution is -2.37. The Morgan fingerprint density at radius 2 is 1.16 bits per heavy atom. The van der Waals surface area contributed by atoms with Crippen LogP contribution in [0.5, 0.6) is 0 Å². The monoisotopic (exact) mass is 300 g/mol. The summed E-state index contributed by atoms with van der Waals surface area (Å²) in [4.78, 5) is 0. The lowest BCUT2D eigenvalue weighted by atomic mass is 10.0. The highest BCUT2D eigenvalue weighted by molar-refractivity contribution is 4.79. The number of hydrogen-bond acceptors (Lipinski definition) is 0. The Kier molecular flexibility index (Phi) is 7.66. The van der Waals surface area contributed by atoms with Crippen molar-refractivity contribution < 1.29 is 35.1 Å². The van der Waals surface area contributed by atoms with Crippen LogP contribution in [0.25, 0.3) is 0 Å². The summed E-state index contributed by atoms with van der Waals surface area (Å²) in [5, 5.41) is 0. The van der Waals surface area contributed by atoms with Crippen LogP contribution in [-0.2, 0) is 0 Å². The fourth-order valence-corrected chi connectivity index (χ4v) is 1.51. The molecule has 0 N–H and O–H groups in total. The molecule has 116 valence electrons. The molecule has 0 radical (unpaired) electrons. The van der Waals surface area contributed by atoms with Crippen LogP contribution < -0.4 is 0 Å². The van der Waals surface area contributed by atoms with Crippen LogP contribution in [0, 0.1) is 0 Å². The second-order valence-electron chi connectivity index (χ2n) is 4.36. The number of alkyl halides is 8. The first-order valence-corrected chi connectivity index (χ1v) is 5.94. The molecule has 0 aliphatic carbocycles. The van der Waals surface area contributed by atoms with Gasteiger partial charge in [-0.25, -0.2) is 13.2 Å². The van der Waals surface area contributed by atoms with Gasteiger partial charge in [-0.1, -0.05) is 25.7 Å². The van der Waals surface area contributed by atoms with Crippen molar-refractivity contribution in [2.75, 3.05) is 0 Å². The summed E-state index contributed by atoms with van der Waals surface area (Å²) in [5.41, 5.74) is 0. The molecule has 0 fully saturated rings. The van der Waals surface area contributed by atoms with Crippen molar-refractivity contribution in [1.82, 2.24) is 0 Å². The summed E-state index contributed by atoms with van der Waals surface area (Å²) >= 11 is 0. The molecule has 0 saturated carbocycles. The van der Waals surface area contributed by atoms with Crippen molar-refractivity contribution >= 4 is 0 Å². The molecule has 0 amide bonds. The van der Waals surface area contributed by atoms with E-state index >= 15 is 0 Å². The van der Waals surface area contributed by atoms with Crippen LogP contribution in [0.3, 0.4) is 0 Å². The van der Waals surface area contributed by atoms with Gasteiger partial charge in [0.1, 0.15) is 0 Å². The second kappa shape index (κ2) is 7.89. The molecule has 0 aliphatic heterocycles. The van der Waals surface area contributed by atoms with Gasteiger partial charge in [-0.3, -0.25) is 0 Å². The first-order valence-electron chi connectivity index (χ1n) is 5.94. The molecule has 1 unspecified atom stereocenters. The number of hydrogen-bond donors (Lipinski definition) is 0. The van der Waals surface area contributed by atoms with Crippen molar-refractivity contribution in [2.45, 2.75) is 69.6 Å². The zero-order chi connectivity index (χ0) is 15.1. The van der Waals surface area contributed by atoms with E-state index in [0.717, 1.165) is 0 Å². The molecule has 0 saturated heterocycles. The van der Waals surface area contributed by atoms with Gasteiger partial charge in [-0.05, 0) is 12.8 Å². The summed E-state index contributed by atoms with van der Waals surface area (Å²) in [6.45, 7) is 0. The minimum Gasteiger partial charge on any atom is -0.241 e. The fraction of sp³-hybridized carbons (Fsp3) is 1.00. The highest BCUT2D eigenvalue weighted by Gasteiger charge is 2.48. The lowest BCUT2D eigenvalue weighted by molar-refractivity contribution is -0.172. The topological polar surface area (TPSA) is 0 Å². The Morgan fingerprint density at radius 1 is 0.684 bits per heavy atom. The molecular formula is C11H16F8. The van der Waals surface area contributed by atoms with Crippen LogP contribution in [0.2, 0.25) is 0 Å². The third-order valence-electron chi connectivity index (χ3n) is 2.63. The second-order valence-corrected chi connectivity index (χ2v) is 4.36. The summed E-state index contributed by atoms with van der Waals surface area (Å²) in [7, 11) is 0. The van der Waals surface area contributed by atoms with Gasteiger partial charge in [0.25, 0.3) is 0 Å². The Balaban J connectivity index is 3.60. The molecule has 0 heterocycles. The van der Waals surface area contributed by atoms with Crippen LogP contribution in [0.15, 0.2) is 0 Å². The average molecular weight is 300 g/mol. The minimum atomic E-state index is -4.66. The normalized spacial score (nSPS) is 15.0. The maximum absolute atomic E-state index is 12.8. The van der Waals surface area contributed by atoms with Gasteiger partial charge in [0.05, 0.1) is 0 Å². The van der Waals surface area contributed by atoms with E-state index in [1.807, 2.05) is 0 Å². The standard InChI is InChI=1S/C11H16F8/c12-8(11(18,19)9(13)14)6-4-2-1-3-5-7-10(15,16)17/h8-9H,1-7H2. The summed E-state index contributed by atoms with van der Waals surface area (Å²) in [5.74, 6) is -4.66. The van der Waals surface area contributed by atoms with Crippen LogP contribution in [0.4, 0.5) is 35.1 Å². The first-order chi connectivity index (χ1) is 8.57. The predicted molar refractivity (Wildman–Crippen MR) is 54.2 cm³/mol. The largest absolute Gasteiger partial charge is 0.389 e. The number of halogens is 8. The van der Waals surface area contributed by atoms with E-state index in [4.69, 9.17) is 0 Å². The molecule has 0 aromatic carbocycles. The molecule has 8 heteroatoms. The van der Waals surface area contributed by atoms with E-state index in [2.05, 4.69) is 0 Å². The third-order valence-corrected chi connectivity index (χ3v) is 2.63. The molecule has 0 bridgehead atoms. The van der Waals surface area contributed by atoms with Gasteiger partial charge in [0.15, 0.2) is 6.17 Å². The Morgan fingerprint density at radius 3 is 1.63 bits per heavy atom. The molecule has 0 rings (SSSR count). The summed E-state index contributed by atoms with van der Waals surface area (Å²) < 4.78 is 96.4. The number of rotatable bonds is 9. The van der Waals surface area contributed by atoms with Gasteiger partial charge in [0, 0.05) is 6.42 Å². The fourth-order valence-electron chi connectivity index (χ4n) is 1.51. The molecule has 0 aliphatic rings. The van der Waals surface area contributed by atoms with Crippen molar-refractivity contribution in [3.05, 3.63) is 0 Å². The summed E-state index contributed by atoms with van der Waals surface area (Å²) in [6, 6.07) is 0. The van der Waals surface area contributed by atoms with E-state index < -0.39 is 37.5 Å². The smallest absolute Gasteiger partial charge is 0.241 e. The molecule has 19 heavy (non-hydrogen) atoms. The van der Waals surface area contributed by atoms with Crippen LogP contribution in [-0.4, -0.2) is 24.7 Å². The van der Waals surface area contributed by atoms with E-state index in [-0.39, 0.29) is 25.7 Å². The van der Waals surface area contributed by atoms with Crippen LogP contribution in [0.1, 0.15) is 44.9 Å². The van der Waals surface area contributed by atoms with Crippen LogP contribution >= 0.6 is 0 Å². The van der Waals surface area contributed by atoms with E-state index in [1.54, 1.807) is 0 Å². The zero-order valence-corrected chi connectivity index (χ0v) is 10.1. The summed E-state index contributed by atoms with van der Waals surface area (Å²) in [6.07, 6.45) is -12.1. The lowest BCUT2D eigenvalue weighted by Gasteiger charge is -2.19. The number of unbranched alkanes of at least 4 members (excludes halogenated alkanes) is 4. The quantitative estimate of drug-likeness (QED) is 0.388. The van der Waals surface area contributed by atoms with E-state index in [0.29, 0.717) is 6.42 Å². The Bertz CT molecular complexity index is 235. The minimum absolute atomic E-state index is 0.0461. The molecule has 0 spiro atoms. The Hall–Kier alpha value is -0.560. The van der Waals surface area contributed by atoms with E-state index in [1.165, 1.54) is 0 Å². The van der Waals surface area contributed by atoms with Gasteiger partial charge < -0.3 is 0 Å². The highest BCUT2D eigenvalue weighted by atomic mass is 19.4. The van der Waals surface area contributed by atoms with E-state index in [9.17, 15) is 35.1 Å². The molecule has 0 aromatic rings. The van der Waals surface area contributed by atoms with Gasteiger partial charge in [-0.2, -0.15) is 22.0 Å². The zero-order valence-electron chi connectivity index (χ0n) is 10.1. The molecule has 1 atom stereocenters. The van der Waals surface area contributed by atoms with Crippen molar-refractivity contribution in [2.24, 2.45) is 0 Å². The van der Waals surface area contributed by atoms with Gasteiger partial charge in [0.2, 0.25) is 0 Å². The van der Waals surface area contributed by atoms with Gasteiger partial charge in [-0.15, -0.1) is 0 Å². The molecule has 0 aromatic heterocycles. The molecular weight excluding hydrogens is 284 g/mol. The first kappa shape index (κ1) is 18.4. The maximum atomic E-state index is 12.8. The average Bonchev–Trinajstić information content (AvgIpc) is 2.25. The predicted octanol–water partition coefficient (Wildman–Crippen LogP) is 5.52. The van der Waals surface area contributed by atoms with Crippen molar-refractivity contribution in [3.63, 3.8) is 0 Å². The van der Waals surface area contributed by atoms with Crippen molar-refractivity contribution in [3.8, 4) is 0 Å². The third kappa shape index (κ3) is 8.26. The maximum Gasteiger partial charge on any atom is 0.389 e. The van der Waals surface area contributed by atoms with Gasteiger partial charge >= 0.3 is 18.5 Å².